The summed E-state index contributed by atoms with van der Waals surface area (Å²) in [5, 5.41) is 12.1. The fraction of sp³-hybridized carbons (Fsp3) is 0.185. The molecule has 0 radical (unpaired) electrons. The van der Waals surface area contributed by atoms with Gasteiger partial charge in [0.15, 0.2) is 0 Å². The van der Waals surface area contributed by atoms with Crippen LogP contribution in [0.5, 0.6) is 11.5 Å². The van der Waals surface area contributed by atoms with Gasteiger partial charge in [-0.2, -0.15) is 0 Å². The van der Waals surface area contributed by atoms with Crippen LogP contribution in [0.2, 0.25) is 10.0 Å². The fourth-order valence-electron chi connectivity index (χ4n) is 4.19. The first-order valence-corrected chi connectivity index (χ1v) is 11.7. The Hall–Kier alpha value is -3.55. The Morgan fingerprint density at radius 1 is 0.972 bits per heavy atom. The Balaban J connectivity index is 1.83. The number of methoxy groups -OCH3 is 2. The molecule has 1 N–H and O–H groups in total. The zero-order valence-electron chi connectivity index (χ0n) is 19.4. The molecule has 1 aliphatic heterocycles. The van der Waals surface area contributed by atoms with Gasteiger partial charge in [-0.3, -0.25) is 9.59 Å². The molecule has 0 aliphatic carbocycles. The van der Waals surface area contributed by atoms with Crippen LogP contribution in [-0.4, -0.2) is 42.5 Å². The molecule has 0 spiro atoms. The van der Waals surface area contributed by atoms with Crippen LogP contribution < -0.4 is 9.47 Å². The van der Waals surface area contributed by atoms with Crippen molar-refractivity contribution in [2.75, 3.05) is 20.8 Å². The number of hydrogen-bond acceptors (Lipinski definition) is 5. The second kappa shape index (κ2) is 10.6. The predicted octanol–water partition coefficient (Wildman–Crippen LogP) is 5.81. The standard InChI is InChI=1S/C27H22Cl2FNO5/c1-35-21-14-22(36-2)20(29)13-19(21)25(32)23-24(16-5-9-18(30)10-6-16)31(27(34)26(23)33)12-11-15-3-7-17(28)8-4-15/h3-10,13-14,24,32H,11-12H2,1-2H3/b25-23+. The third-order valence-corrected chi connectivity index (χ3v) is 6.56. The van der Waals surface area contributed by atoms with E-state index in [4.69, 9.17) is 32.7 Å². The molecule has 9 heteroatoms. The molecular formula is C27H22Cl2FNO5. The lowest BCUT2D eigenvalue weighted by Crippen LogP contribution is -2.31. The molecule has 1 atom stereocenters. The highest BCUT2D eigenvalue weighted by atomic mass is 35.5. The maximum Gasteiger partial charge on any atom is 0.295 e. The van der Waals surface area contributed by atoms with Crippen molar-refractivity contribution < 1.29 is 28.6 Å². The molecule has 1 saturated heterocycles. The summed E-state index contributed by atoms with van der Waals surface area (Å²) in [6, 6.07) is 14.5. The first kappa shape index (κ1) is 25.5. The fourth-order valence-corrected chi connectivity index (χ4v) is 4.56. The number of aliphatic hydroxyl groups excluding tert-OH is 1. The van der Waals surface area contributed by atoms with Crippen molar-refractivity contribution in [2.45, 2.75) is 12.5 Å². The number of carbonyl (C=O) groups excluding carboxylic acids is 2. The maximum absolute atomic E-state index is 13.7. The van der Waals surface area contributed by atoms with Gasteiger partial charge in [-0.25, -0.2) is 4.39 Å². The van der Waals surface area contributed by atoms with Crippen molar-refractivity contribution >= 4 is 40.7 Å². The van der Waals surface area contributed by atoms with E-state index in [0.29, 0.717) is 22.8 Å². The van der Waals surface area contributed by atoms with Crippen LogP contribution in [0.25, 0.3) is 5.76 Å². The van der Waals surface area contributed by atoms with Gasteiger partial charge in [0.2, 0.25) is 0 Å². The first-order valence-electron chi connectivity index (χ1n) is 10.9. The third-order valence-electron chi connectivity index (χ3n) is 6.01. The Bertz CT molecular complexity index is 1340. The summed E-state index contributed by atoms with van der Waals surface area (Å²) < 4.78 is 24.3. The number of likely N-dealkylation sites (tertiary alicyclic amines) is 1. The molecule has 0 bridgehead atoms. The second-order valence-corrected chi connectivity index (χ2v) is 8.95. The Morgan fingerprint density at radius 2 is 1.61 bits per heavy atom. The molecule has 1 unspecified atom stereocenters. The summed E-state index contributed by atoms with van der Waals surface area (Å²) >= 11 is 12.2. The highest BCUT2D eigenvalue weighted by molar-refractivity contribution is 6.46. The van der Waals surface area contributed by atoms with Crippen molar-refractivity contribution in [3.05, 3.63) is 98.8 Å². The average Bonchev–Trinajstić information content (AvgIpc) is 3.13. The van der Waals surface area contributed by atoms with Crippen LogP contribution in [0.1, 0.15) is 22.7 Å². The quantitative estimate of drug-likeness (QED) is 0.237. The number of ketones is 1. The normalized spacial score (nSPS) is 16.9. The smallest absolute Gasteiger partial charge is 0.295 e. The Labute approximate surface area is 217 Å². The van der Waals surface area contributed by atoms with E-state index in [-0.39, 0.29) is 28.5 Å². The molecule has 1 heterocycles. The average molecular weight is 530 g/mol. The summed E-state index contributed by atoms with van der Waals surface area (Å²) in [4.78, 5) is 27.8. The van der Waals surface area contributed by atoms with Gasteiger partial charge in [0.1, 0.15) is 23.1 Å². The van der Waals surface area contributed by atoms with E-state index in [1.807, 2.05) is 12.1 Å². The molecule has 0 saturated carbocycles. The van der Waals surface area contributed by atoms with Crippen molar-refractivity contribution in [1.29, 1.82) is 0 Å². The first-order chi connectivity index (χ1) is 17.2. The van der Waals surface area contributed by atoms with E-state index in [1.165, 1.54) is 55.5 Å². The lowest BCUT2D eigenvalue weighted by Gasteiger charge is -2.25. The molecule has 1 amide bonds. The van der Waals surface area contributed by atoms with Crippen molar-refractivity contribution in [3.63, 3.8) is 0 Å². The second-order valence-electron chi connectivity index (χ2n) is 8.11. The number of hydrogen-bond donors (Lipinski definition) is 1. The minimum absolute atomic E-state index is 0.117. The minimum Gasteiger partial charge on any atom is -0.507 e. The van der Waals surface area contributed by atoms with E-state index < -0.39 is 29.3 Å². The van der Waals surface area contributed by atoms with E-state index in [0.717, 1.165) is 5.56 Å². The van der Waals surface area contributed by atoms with Crippen LogP contribution >= 0.6 is 23.2 Å². The van der Waals surface area contributed by atoms with Gasteiger partial charge in [0.05, 0.1) is 36.4 Å². The largest absolute Gasteiger partial charge is 0.507 e. The highest BCUT2D eigenvalue weighted by Crippen LogP contribution is 2.43. The summed E-state index contributed by atoms with van der Waals surface area (Å²) in [6.45, 7) is 0.172. The van der Waals surface area contributed by atoms with Gasteiger partial charge in [-0.15, -0.1) is 0 Å². The molecule has 3 aromatic carbocycles. The van der Waals surface area contributed by atoms with Crippen molar-refractivity contribution in [1.82, 2.24) is 4.90 Å². The van der Waals surface area contributed by atoms with E-state index in [2.05, 4.69) is 0 Å². The number of rotatable bonds is 7. The van der Waals surface area contributed by atoms with Crippen LogP contribution in [0.4, 0.5) is 4.39 Å². The van der Waals surface area contributed by atoms with Gasteiger partial charge in [0.25, 0.3) is 11.7 Å². The van der Waals surface area contributed by atoms with Gasteiger partial charge >= 0.3 is 0 Å². The van der Waals surface area contributed by atoms with Crippen LogP contribution in [0, 0.1) is 5.82 Å². The zero-order valence-corrected chi connectivity index (χ0v) is 20.9. The van der Waals surface area contributed by atoms with Crippen LogP contribution in [-0.2, 0) is 16.0 Å². The molecule has 0 aromatic heterocycles. The molecule has 6 nitrogen and oxygen atoms in total. The summed E-state index contributed by atoms with van der Waals surface area (Å²) in [6.07, 6.45) is 0.430. The van der Waals surface area contributed by atoms with E-state index >= 15 is 0 Å². The van der Waals surface area contributed by atoms with Crippen LogP contribution in [0.3, 0.4) is 0 Å². The summed E-state index contributed by atoms with van der Waals surface area (Å²) in [5.74, 6) is -2.08. The van der Waals surface area contributed by atoms with Gasteiger partial charge in [-0.05, 0) is 47.9 Å². The van der Waals surface area contributed by atoms with E-state index in [9.17, 15) is 19.1 Å². The number of benzene rings is 3. The number of ether oxygens (including phenoxy) is 2. The third kappa shape index (κ3) is 4.90. The lowest BCUT2D eigenvalue weighted by molar-refractivity contribution is -0.139. The molecule has 1 aliphatic rings. The minimum atomic E-state index is -0.955. The van der Waals surface area contributed by atoms with Gasteiger partial charge in [-0.1, -0.05) is 47.5 Å². The monoisotopic (exact) mass is 529 g/mol. The van der Waals surface area contributed by atoms with Crippen LogP contribution in [0.15, 0.2) is 66.2 Å². The SMILES string of the molecule is COc1cc(OC)c(/C(O)=C2\C(=O)C(=O)N(CCc3ccc(Cl)cc3)C2c2ccc(F)cc2)cc1Cl. The summed E-state index contributed by atoms with van der Waals surface area (Å²) in [5.41, 5.74) is 1.34. The topological polar surface area (TPSA) is 76.1 Å². The molecule has 4 rings (SSSR count). The highest BCUT2D eigenvalue weighted by Gasteiger charge is 2.46. The number of amides is 1. The van der Waals surface area contributed by atoms with Gasteiger partial charge < -0.3 is 19.5 Å². The molecular weight excluding hydrogens is 508 g/mol. The van der Waals surface area contributed by atoms with Crippen molar-refractivity contribution in [3.8, 4) is 11.5 Å². The van der Waals surface area contributed by atoms with Gasteiger partial charge in [0, 0.05) is 17.6 Å². The number of nitrogens with zero attached hydrogens (tertiary/aromatic N) is 1. The van der Waals surface area contributed by atoms with E-state index in [1.54, 1.807) is 12.1 Å². The maximum atomic E-state index is 13.7. The summed E-state index contributed by atoms with van der Waals surface area (Å²) in [7, 11) is 2.82. The lowest BCUT2D eigenvalue weighted by atomic mass is 9.94. The number of halogens is 3. The Morgan fingerprint density at radius 3 is 2.22 bits per heavy atom. The molecule has 3 aromatic rings. The predicted molar refractivity (Wildman–Crippen MR) is 135 cm³/mol. The van der Waals surface area contributed by atoms with Crippen molar-refractivity contribution in [2.24, 2.45) is 0 Å². The number of aliphatic hydroxyl groups is 1. The zero-order chi connectivity index (χ0) is 26.0. The molecule has 36 heavy (non-hydrogen) atoms. The Kier molecular flexibility index (Phi) is 7.52. The molecule has 1 fully saturated rings. The number of Topliss-reactive ketones (excluding diaryl/α,β-unsaturated/α-hetero) is 1. The molecule has 186 valence electrons. The number of carbonyl (C=O) groups is 2.